The van der Waals surface area contributed by atoms with Crippen molar-refractivity contribution in [3.05, 3.63) is 45.0 Å². The lowest BCUT2D eigenvalue weighted by Gasteiger charge is -2.22. The zero-order valence-corrected chi connectivity index (χ0v) is 13.5. The molecular formula is C16H18N4OS. The minimum atomic E-state index is -1.03. The highest BCUT2D eigenvalue weighted by Crippen LogP contribution is 2.48. The maximum absolute atomic E-state index is 12.9. The van der Waals surface area contributed by atoms with Crippen LogP contribution in [0, 0.1) is 13.8 Å². The van der Waals surface area contributed by atoms with Crippen LogP contribution in [0.1, 0.15) is 48.1 Å². The lowest BCUT2D eigenvalue weighted by Crippen LogP contribution is -2.19. The molecule has 2 unspecified atom stereocenters. The van der Waals surface area contributed by atoms with E-state index in [9.17, 15) is 4.55 Å². The second kappa shape index (κ2) is 5.21. The number of hydrogen-bond acceptors (Lipinski definition) is 5. The van der Waals surface area contributed by atoms with Gasteiger partial charge in [0.25, 0.3) is 0 Å². The van der Waals surface area contributed by atoms with Crippen molar-refractivity contribution in [2.45, 2.75) is 44.8 Å². The van der Waals surface area contributed by atoms with Gasteiger partial charge in [0.15, 0.2) is 11.1 Å². The van der Waals surface area contributed by atoms with Crippen LogP contribution >= 0.6 is 0 Å². The molecule has 1 aromatic heterocycles. The molecule has 2 atom stereocenters. The molecule has 0 saturated heterocycles. The third kappa shape index (κ3) is 2.18. The summed E-state index contributed by atoms with van der Waals surface area (Å²) in [5.74, 6) is 0.715. The van der Waals surface area contributed by atoms with Gasteiger partial charge in [-0.15, -0.1) is 0 Å². The SMILES string of the molecule is Cc1cc(C)nc(C2CC3=C(CCC4=C3NN=CC4)[S+]2[O-])n1. The van der Waals surface area contributed by atoms with Crippen molar-refractivity contribution in [1.82, 2.24) is 15.4 Å². The average molecular weight is 314 g/mol. The summed E-state index contributed by atoms with van der Waals surface area (Å²) in [6.45, 7) is 3.92. The normalized spacial score (nSPS) is 26.9. The molecule has 1 aromatic rings. The molecule has 0 saturated carbocycles. The van der Waals surface area contributed by atoms with Crippen molar-refractivity contribution in [1.29, 1.82) is 0 Å². The number of hydrazone groups is 1. The first-order chi connectivity index (χ1) is 10.6. The van der Waals surface area contributed by atoms with Gasteiger partial charge < -0.3 is 4.55 Å². The van der Waals surface area contributed by atoms with Crippen LogP contribution in [0.25, 0.3) is 0 Å². The molecule has 4 rings (SSSR count). The number of rotatable bonds is 1. The molecule has 22 heavy (non-hydrogen) atoms. The Kier molecular flexibility index (Phi) is 3.31. The quantitative estimate of drug-likeness (QED) is 0.809. The predicted octanol–water partition coefficient (Wildman–Crippen LogP) is 2.57. The maximum Gasteiger partial charge on any atom is 0.184 e. The Labute approximate surface area is 132 Å². The van der Waals surface area contributed by atoms with Gasteiger partial charge in [0.2, 0.25) is 0 Å². The Morgan fingerprint density at radius 3 is 2.77 bits per heavy atom. The highest BCUT2D eigenvalue weighted by Gasteiger charge is 2.44. The Morgan fingerprint density at radius 2 is 2.00 bits per heavy atom. The summed E-state index contributed by atoms with van der Waals surface area (Å²) in [7, 11) is 0. The van der Waals surface area contributed by atoms with Gasteiger partial charge in [-0.1, -0.05) is 0 Å². The number of hydrogen-bond donors (Lipinski definition) is 1. The van der Waals surface area contributed by atoms with E-state index in [1.165, 1.54) is 11.1 Å². The number of allylic oxidation sites excluding steroid dienone is 3. The van der Waals surface area contributed by atoms with Crippen molar-refractivity contribution in [3.63, 3.8) is 0 Å². The molecule has 0 fully saturated rings. The van der Waals surface area contributed by atoms with Gasteiger partial charge in [-0.25, -0.2) is 9.97 Å². The highest BCUT2D eigenvalue weighted by atomic mass is 32.2. The van der Waals surface area contributed by atoms with Crippen LogP contribution in [0.5, 0.6) is 0 Å². The average Bonchev–Trinajstić information content (AvgIpc) is 2.84. The molecular weight excluding hydrogens is 296 g/mol. The van der Waals surface area contributed by atoms with Gasteiger partial charge in [-0.3, -0.25) is 5.43 Å². The Morgan fingerprint density at radius 1 is 1.23 bits per heavy atom. The largest absolute Gasteiger partial charge is 0.611 e. The molecule has 114 valence electrons. The monoisotopic (exact) mass is 314 g/mol. The Hall–Kier alpha value is -1.66. The minimum absolute atomic E-state index is 0.122. The van der Waals surface area contributed by atoms with Crippen LogP contribution in [0.2, 0.25) is 0 Å². The maximum atomic E-state index is 12.9. The summed E-state index contributed by atoms with van der Waals surface area (Å²) >= 11 is -1.03. The smallest absolute Gasteiger partial charge is 0.184 e. The number of fused-ring (bicyclic) bond motifs is 1. The van der Waals surface area contributed by atoms with E-state index in [2.05, 4.69) is 20.5 Å². The minimum Gasteiger partial charge on any atom is -0.611 e. The van der Waals surface area contributed by atoms with E-state index in [1.54, 1.807) is 0 Å². The van der Waals surface area contributed by atoms with E-state index < -0.39 is 11.2 Å². The van der Waals surface area contributed by atoms with Crippen molar-refractivity contribution < 1.29 is 4.55 Å². The van der Waals surface area contributed by atoms with Crippen molar-refractivity contribution in [2.75, 3.05) is 0 Å². The summed E-state index contributed by atoms with van der Waals surface area (Å²) in [6.07, 6.45) is 5.40. The van der Waals surface area contributed by atoms with E-state index in [1.807, 2.05) is 26.1 Å². The van der Waals surface area contributed by atoms with Crippen LogP contribution in [0.3, 0.4) is 0 Å². The first kappa shape index (κ1) is 14.0. The number of aryl methyl sites for hydroxylation is 2. The van der Waals surface area contributed by atoms with Gasteiger partial charge in [0, 0.05) is 42.4 Å². The van der Waals surface area contributed by atoms with Crippen LogP contribution in [-0.2, 0) is 11.2 Å². The lowest BCUT2D eigenvalue weighted by molar-refractivity contribution is 0.586. The van der Waals surface area contributed by atoms with Gasteiger partial charge in [0.1, 0.15) is 4.91 Å². The lowest BCUT2D eigenvalue weighted by atomic mass is 9.91. The molecule has 0 amide bonds. The molecule has 1 N–H and O–H groups in total. The van der Waals surface area contributed by atoms with Gasteiger partial charge in [-0.05, 0) is 43.1 Å². The summed E-state index contributed by atoms with van der Waals surface area (Å²) in [5.41, 5.74) is 8.66. The van der Waals surface area contributed by atoms with E-state index in [0.717, 1.165) is 47.7 Å². The zero-order chi connectivity index (χ0) is 15.3. The van der Waals surface area contributed by atoms with Crippen LogP contribution < -0.4 is 5.43 Å². The summed E-state index contributed by atoms with van der Waals surface area (Å²) < 4.78 is 12.9. The molecule has 5 nitrogen and oxygen atoms in total. The fraction of sp³-hybridized carbons (Fsp3) is 0.438. The molecule has 2 aliphatic heterocycles. The van der Waals surface area contributed by atoms with Gasteiger partial charge in [0.05, 0.1) is 5.70 Å². The third-order valence-electron chi connectivity index (χ3n) is 4.43. The van der Waals surface area contributed by atoms with Gasteiger partial charge in [-0.2, -0.15) is 5.10 Å². The first-order valence-electron chi connectivity index (χ1n) is 7.58. The second-order valence-corrected chi connectivity index (χ2v) is 7.66. The van der Waals surface area contributed by atoms with E-state index in [4.69, 9.17) is 0 Å². The molecule has 0 aromatic carbocycles. The standard InChI is InChI=1S/C16H18N4OS/c1-9-7-10(2)19-16(18-9)14-8-12-13(22(14)21)4-3-11-5-6-17-20-15(11)12/h6-7,14,20H,3-5,8H2,1-2H3. The van der Waals surface area contributed by atoms with Crippen molar-refractivity contribution >= 4 is 17.4 Å². The van der Waals surface area contributed by atoms with Crippen LogP contribution in [-0.4, -0.2) is 20.7 Å². The van der Waals surface area contributed by atoms with E-state index in [0.29, 0.717) is 5.82 Å². The number of nitrogens with zero attached hydrogens (tertiary/aromatic N) is 3. The molecule has 0 spiro atoms. The van der Waals surface area contributed by atoms with Crippen molar-refractivity contribution in [2.24, 2.45) is 5.10 Å². The van der Waals surface area contributed by atoms with E-state index >= 15 is 0 Å². The fourth-order valence-electron chi connectivity index (χ4n) is 3.46. The topological polar surface area (TPSA) is 73.2 Å². The second-order valence-electron chi connectivity index (χ2n) is 6.01. The van der Waals surface area contributed by atoms with Crippen LogP contribution in [0.4, 0.5) is 0 Å². The molecule has 1 aliphatic carbocycles. The van der Waals surface area contributed by atoms with Crippen LogP contribution in [0.15, 0.2) is 32.9 Å². The number of aromatic nitrogens is 2. The molecule has 0 radical (unpaired) electrons. The predicted molar refractivity (Wildman–Crippen MR) is 86.5 cm³/mol. The van der Waals surface area contributed by atoms with Gasteiger partial charge >= 0.3 is 0 Å². The fourth-order valence-corrected chi connectivity index (χ4v) is 5.15. The zero-order valence-electron chi connectivity index (χ0n) is 12.7. The highest BCUT2D eigenvalue weighted by molar-refractivity contribution is 7.95. The Bertz CT molecular complexity index is 717. The molecule has 3 heterocycles. The van der Waals surface area contributed by atoms with E-state index in [-0.39, 0.29) is 5.25 Å². The summed E-state index contributed by atoms with van der Waals surface area (Å²) in [6, 6.07) is 1.95. The van der Waals surface area contributed by atoms with Crippen molar-refractivity contribution in [3.8, 4) is 0 Å². The number of nitrogens with one attached hydrogen (secondary N) is 1. The molecule has 0 bridgehead atoms. The first-order valence-corrected chi connectivity index (χ1v) is 8.79. The molecule has 6 heteroatoms. The summed E-state index contributed by atoms with van der Waals surface area (Å²) in [4.78, 5) is 10.1. The Balaban J connectivity index is 1.69. The third-order valence-corrected chi connectivity index (χ3v) is 6.26. The summed E-state index contributed by atoms with van der Waals surface area (Å²) in [5, 5.41) is 4.05. The molecule has 3 aliphatic rings.